The molecule has 2 unspecified atom stereocenters. The summed E-state index contributed by atoms with van der Waals surface area (Å²) in [6.07, 6.45) is -3.46. The van der Waals surface area contributed by atoms with Crippen molar-refractivity contribution < 1.29 is 35.2 Å². The topological polar surface area (TPSA) is 83.1 Å². The van der Waals surface area contributed by atoms with Crippen molar-refractivity contribution in [1.82, 2.24) is 14.5 Å². The number of nitrogens with one attached hydrogen (secondary N) is 1. The van der Waals surface area contributed by atoms with Crippen LogP contribution in [0.15, 0.2) is 47.5 Å². The normalized spacial score (nSPS) is 20.6. The number of benzene rings is 2. The lowest BCUT2D eigenvalue weighted by atomic mass is 10.00. The van der Waals surface area contributed by atoms with Crippen LogP contribution in [-0.2, 0) is 16.2 Å². The molecular formula is C19H10F5N3O3S. The molecule has 31 heavy (non-hydrogen) atoms. The van der Waals surface area contributed by atoms with E-state index in [-0.39, 0.29) is 22.4 Å². The van der Waals surface area contributed by atoms with Gasteiger partial charge in [-0.1, -0.05) is 0 Å². The number of hydrogen-bond acceptors (Lipinski definition) is 4. The number of fused-ring (bicyclic) bond motifs is 7. The van der Waals surface area contributed by atoms with Crippen LogP contribution in [0.1, 0.15) is 44.8 Å². The summed E-state index contributed by atoms with van der Waals surface area (Å²) >= 11 is 0. The number of ketones is 1. The van der Waals surface area contributed by atoms with E-state index >= 15 is 0 Å². The third-order valence-corrected chi connectivity index (χ3v) is 7.28. The fourth-order valence-electron chi connectivity index (χ4n) is 4.09. The van der Waals surface area contributed by atoms with Crippen molar-refractivity contribution in [3.8, 4) is 0 Å². The number of hydrogen-bond donors (Lipinski definition) is 1. The first kappa shape index (κ1) is 19.8. The van der Waals surface area contributed by atoms with E-state index in [1.54, 1.807) is 0 Å². The Kier molecular flexibility index (Phi) is 3.97. The lowest BCUT2D eigenvalue weighted by molar-refractivity contribution is -0.137. The Morgan fingerprint density at radius 1 is 0.935 bits per heavy atom. The molecule has 3 heterocycles. The summed E-state index contributed by atoms with van der Waals surface area (Å²) in [6, 6.07) is 1.63. The molecule has 2 aliphatic heterocycles. The van der Waals surface area contributed by atoms with E-state index in [0.29, 0.717) is 12.1 Å². The number of sulfonamides is 1. The zero-order chi connectivity index (χ0) is 22.3. The fraction of sp³-hybridized carbons (Fsp3) is 0.158. The van der Waals surface area contributed by atoms with E-state index in [2.05, 4.69) is 10.2 Å². The summed E-state index contributed by atoms with van der Waals surface area (Å²) in [4.78, 5) is 12.5. The van der Waals surface area contributed by atoms with Crippen LogP contribution in [0.25, 0.3) is 0 Å². The van der Waals surface area contributed by atoms with Crippen LogP contribution in [0.3, 0.4) is 0 Å². The molecule has 12 heteroatoms. The highest BCUT2D eigenvalue weighted by Crippen LogP contribution is 2.54. The zero-order valence-corrected chi connectivity index (χ0v) is 15.9. The van der Waals surface area contributed by atoms with Crippen LogP contribution in [0.2, 0.25) is 0 Å². The molecule has 5 rings (SSSR count). The fourth-order valence-corrected chi connectivity index (χ4v) is 5.80. The van der Waals surface area contributed by atoms with Crippen LogP contribution in [0.5, 0.6) is 0 Å². The largest absolute Gasteiger partial charge is 0.416 e. The number of halogens is 5. The molecule has 2 aliphatic rings. The quantitative estimate of drug-likeness (QED) is 0.597. The van der Waals surface area contributed by atoms with Gasteiger partial charge in [0.2, 0.25) is 15.8 Å². The molecule has 2 atom stereocenters. The van der Waals surface area contributed by atoms with E-state index in [0.717, 1.165) is 28.6 Å². The molecule has 1 aromatic heterocycles. The molecule has 0 saturated carbocycles. The molecule has 1 N–H and O–H groups in total. The maximum atomic E-state index is 14.0. The summed E-state index contributed by atoms with van der Waals surface area (Å²) < 4.78 is 94.0. The van der Waals surface area contributed by atoms with Crippen molar-refractivity contribution in [1.29, 1.82) is 0 Å². The lowest BCUT2D eigenvalue weighted by Crippen LogP contribution is -2.41. The minimum Gasteiger partial charge on any atom is -0.290 e. The van der Waals surface area contributed by atoms with Gasteiger partial charge >= 0.3 is 6.18 Å². The van der Waals surface area contributed by atoms with Gasteiger partial charge in [0.05, 0.1) is 22.7 Å². The third-order valence-electron chi connectivity index (χ3n) is 5.44. The number of nitrogens with zero attached hydrogens (tertiary/aromatic N) is 2. The molecule has 160 valence electrons. The number of Topliss-reactive ketones (excluding diaryl/α,β-unsaturated/α-hetero) is 1. The maximum absolute atomic E-state index is 14.0. The average Bonchev–Trinajstić information content (AvgIpc) is 3.29. The monoisotopic (exact) mass is 455 g/mol. The summed E-state index contributed by atoms with van der Waals surface area (Å²) in [6.45, 7) is 0. The Morgan fingerprint density at radius 2 is 1.52 bits per heavy atom. The van der Waals surface area contributed by atoms with Crippen molar-refractivity contribution in [2.24, 2.45) is 0 Å². The number of aromatic amines is 1. The second-order valence-corrected chi connectivity index (χ2v) is 8.97. The maximum Gasteiger partial charge on any atom is 0.416 e. The molecular weight excluding hydrogens is 445 g/mol. The summed E-state index contributed by atoms with van der Waals surface area (Å²) in [7, 11) is -4.55. The van der Waals surface area contributed by atoms with Crippen LogP contribution in [-0.4, -0.2) is 28.7 Å². The van der Waals surface area contributed by atoms with Crippen molar-refractivity contribution in [3.63, 3.8) is 0 Å². The molecule has 0 saturated heterocycles. The van der Waals surface area contributed by atoms with Gasteiger partial charge in [0.15, 0.2) is 11.6 Å². The third kappa shape index (κ3) is 2.67. The Hall–Kier alpha value is -3.12. The first-order valence-electron chi connectivity index (χ1n) is 8.79. The number of aromatic nitrogens is 2. The molecule has 0 aliphatic carbocycles. The molecule has 2 bridgehead atoms. The van der Waals surface area contributed by atoms with Crippen LogP contribution >= 0.6 is 0 Å². The zero-order valence-electron chi connectivity index (χ0n) is 15.1. The summed E-state index contributed by atoms with van der Waals surface area (Å²) in [5.74, 6) is -3.22. The molecule has 0 spiro atoms. The highest BCUT2D eigenvalue weighted by atomic mass is 32.2. The van der Waals surface area contributed by atoms with E-state index in [1.807, 2.05) is 0 Å². The number of alkyl halides is 3. The highest BCUT2D eigenvalue weighted by Gasteiger charge is 2.55. The molecule has 6 nitrogen and oxygen atoms in total. The van der Waals surface area contributed by atoms with Crippen molar-refractivity contribution in [2.45, 2.75) is 23.2 Å². The minimum absolute atomic E-state index is 0.00545. The van der Waals surface area contributed by atoms with E-state index in [1.165, 1.54) is 6.20 Å². The average molecular weight is 455 g/mol. The van der Waals surface area contributed by atoms with Gasteiger partial charge < -0.3 is 0 Å². The van der Waals surface area contributed by atoms with E-state index in [9.17, 15) is 35.2 Å². The van der Waals surface area contributed by atoms with Crippen molar-refractivity contribution in [3.05, 3.63) is 82.2 Å². The number of H-pyrrole nitrogens is 1. The van der Waals surface area contributed by atoms with Gasteiger partial charge in [-0.15, -0.1) is 0 Å². The van der Waals surface area contributed by atoms with E-state index < -0.39 is 56.2 Å². The van der Waals surface area contributed by atoms with Gasteiger partial charge in [-0.05, 0) is 47.5 Å². The predicted molar refractivity (Wildman–Crippen MR) is 94.3 cm³/mol. The van der Waals surface area contributed by atoms with Gasteiger partial charge in [0.1, 0.15) is 11.7 Å². The Labute approximate surface area is 171 Å². The van der Waals surface area contributed by atoms with Gasteiger partial charge in [-0.2, -0.15) is 22.6 Å². The van der Waals surface area contributed by atoms with Crippen molar-refractivity contribution in [2.75, 3.05) is 0 Å². The van der Waals surface area contributed by atoms with Crippen LogP contribution < -0.4 is 0 Å². The predicted octanol–water partition coefficient (Wildman–Crippen LogP) is 3.74. The second kappa shape index (κ2) is 6.20. The molecule has 2 aromatic carbocycles. The summed E-state index contributed by atoms with van der Waals surface area (Å²) in [5.41, 5.74) is -0.872. The second-order valence-electron chi connectivity index (χ2n) is 7.12. The molecule has 3 aromatic rings. The Balaban J connectivity index is 1.70. The van der Waals surface area contributed by atoms with Gasteiger partial charge in [-0.25, -0.2) is 17.2 Å². The van der Waals surface area contributed by atoms with Crippen LogP contribution in [0, 0.1) is 11.6 Å². The van der Waals surface area contributed by atoms with Crippen LogP contribution in [0.4, 0.5) is 22.0 Å². The van der Waals surface area contributed by atoms with Gasteiger partial charge in [0.25, 0.3) is 0 Å². The smallest absolute Gasteiger partial charge is 0.290 e. The number of rotatable bonds is 2. The van der Waals surface area contributed by atoms with Gasteiger partial charge in [-0.3, -0.25) is 9.89 Å². The lowest BCUT2D eigenvalue weighted by Gasteiger charge is -2.32. The number of carbonyl (C=O) groups is 1. The highest BCUT2D eigenvalue weighted by molar-refractivity contribution is 7.89. The van der Waals surface area contributed by atoms with E-state index in [4.69, 9.17) is 0 Å². The summed E-state index contributed by atoms with van der Waals surface area (Å²) in [5, 5.41) is 6.23. The Bertz CT molecular complexity index is 1350. The molecule has 0 amide bonds. The van der Waals surface area contributed by atoms with Gasteiger partial charge in [0, 0.05) is 5.56 Å². The molecule has 0 fully saturated rings. The first-order chi connectivity index (χ1) is 14.5. The van der Waals surface area contributed by atoms with Crippen molar-refractivity contribution >= 4 is 15.8 Å². The molecule has 0 radical (unpaired) electrons. The Morgan fingerprint density at radius 3 is 2.10 bits per heavy atom. The number of carbonyl (C=O) groups excluding carboxylic acids is 1. The SMILES string of the molecule is O=C1c2[nH]ncc2C2c3cc(F)c(F)cc3C1N2S(=O)(=O)c1ccc(C(F)(F)F)cc1. The first-order valence-corrected chi connectivity index (χ1v) is 10.2. The minimum atomic E-state index is -4.67. The standard InChI is InChI=1S/C19H10F5N3O3S/c20-13-5-10-11(6-14(13)21)17-18(28)15-12(7-25-26-15)16(10)27(17)31(29,30)9-3-1-8(2-4-9)19(22,23)24/h1-7,16-17H,(H,25,26).